The summed E-state index contributed by atoms with van der Waals surface area (Å²) in [5, 5.41) is 13.0. The van der Waals surface area contributed by atoms with Gasteiger partial charge in [-0.25, -0.2) is 4.68 Å². The van der Waals surface area contributed by atoms with Crippen molar-refractivity contribution < 1.29 is 9.59 Å². The summed E-state index contributed by atoms with van der Waals surface area (Å²) in [6.07, 6.45) is 1.77. The van der Waals surface area contributed by atoms with E-state index in [0.29, 0.717) is 18.1 Å². The number of hydrogen-bond acceptors (Lipinski definition) is 5. The second-order valence-electron chi connectivity index (χ2n) is 7.16. The third-order valence-corrected chi connectivity index (χ3v) is 4.93. The van der Waals surface area contributed by atoms with Crippen LogP contribution >= 0.6 is 0 Å². The predicted octanol–water partition coefficient (Wildman–Crippen LogP) is 2.30. The molecule has 2 aromatic carbocycles. The van der Waals surface area contributed by atoms with E-state index in [1.54, 1.807) is 16.9 Å². The molecule has 152 valence electrons. The zero-order valence-electron chi connectivity index (χ0n) is 16.5. The minimum absolute atomic E-state index is 0.141. The van der Waals surface area contributed by atoms with Crippen LogP contribution in [0, 0.1) is 6.92 Å². The van der Waals surface area contributed by atoms with Gasteiger partial charge >= 0.3 is 0 Å². The molecule has 8 heteroatoms. The van der Waals surface area contributed by atoms with E-state index in [-0.39, 0.29) is 18.0 Å². The number of carbonyl (C=O) groups is 2. The first kappa shape index (κ1) is 19.4. The van der Waals surface area contributed by atoms with Gasteiger partial charge in [-0.15, -0.1) is 0 Å². The molecule has 0 saturated carbocycles. The van der Waals surface area contributed by atoms with Crippen LogP contribution in [0.25, 0.3) is 0 Å². The van der Waals surface area contributed by atoms with Crippen molar-refractivity contribution >= 4 is 29.0 Å². The molecule has 1 aromatic heterocycles. The number of aromatic nitrogens is 2. The molecule has 30 heavy (non-hydrogen) atoms. The molecule has 0 radical (unpaired) electrons. The van der Waals surface area contributed by atoms with Crippen molar-refractivity contribution in [2.24, 2.45) is 10.8 Å². The van der Waals surface area contributed by atoms with E-state index in [0.717, 1.165) is 5.56 Å². The average molecular weight is 402 g/mol. The summed E-state index contributed by atoms with van der Waals surface area (Å²) in [6, 6.07) is 18.3. The van der Waals surface area contributed by atoms with E-state index in [2.05, 4.69) is 15.5 Å². The Labute approximate surface area is 174 Å². The Morgan fingerprint density at radius 1 is 1.10 bits per heavy atom. The normalized spacial score (nSPS) is 15.7. The standard InChI is InChI=1S/C22H22N6O2/c1-15-7-9-16(10-8-15)14-27-20(11-12-24-27)25-22(30)18-13-19(21(23)29)28(26-18)17-5-3-2-4-6-17/h2-12,19H,13-14H2,1H3,(H2,23,29)(H,25,30). The number of hydrazone groups is 1. The Kier molecular flexibility index (Phi) is 5.30. The Hall–Kier alpha value is -3.94. The van der Waals surface area contributed by atoms with E-state index in [9.17, 15) is 9.59 Å². The molecule has 0 bridgehead atoms. The monoisotopic (exact) mass is 402 g/mol. The summed E-state index contributed by atoms with van der Waals surface area (Å²) in [4.78, 5) is 24.8. The van der Waals surface area contributed by atoms with Gasteiger partial charge in [-0.1, -0.05) is 48.0 Å². The van der Waals surface area contributed by atoms with Crippen molar-refractivity contribution in [3.63, 3.8) is 0 Å². The van der Waals surface area contributed by atoms with Crippen LogP contribution in [0.2, 0.25) is 0 Å². The lowest BCUT2D eigenvalue weighted by Gasteiger charge is -2.20. The van der Waals surface area contributed by atoms with E-state index in [4.69, 9.17) is 5.73 Å². The zero-order chi connectivity index (χ0) is 21.1. The van der Waals surface area contributed by atoms with Crippen LogP contribution in [0.15, 0.2) is 72.0 Å². The van der Waals surface area contributed by atoms with Gasteiger partial charge in [0.15, 0.2) is 0 Å². The van der Waals surface area contributed by atoms with Crippen LogP contribution in [-0.4, -0.2) is 33.3 Å². The quantitative estimate of drug-likeness (QED) is 0.660. The Morgan fingerprint density at radius 3 is 2.53 bits per heavy atom. The largest absolute Gasteiger partial charge is 0.368 e. The summed E-state index contributed by atoms with van der Waals surface area (Å²) < 4.78 is 1.71. The number of para-hydroxylation sites is 1. The molecule has 2 amide bonds. The second kappa shape index (κ2) is 8.20. The van der Waals surface area contributed by atoms with E-state index < -0.39 is 11.9 Å². The van der Waals surface area contributed by atoms with E-state index in [1.807, 2.05) is 61.5 Å². The van der Waals surface area contributed by atoms with Gasteiger partial charge in [-0.05, 0) is 24.6 Å². The van der Waals surface area contributed by atoms with Crippen LogP contribution in [0.3, 0.4) is 0 Å². The number of anilines is 2. The van der Waals surface area contributed by atoms with Crippen LogP contribution < -0.4 is 16.1 Å². The predicted molar refractivity (Wildman–Crippen MR) is 115 cm³/mol. The van der Waals surface area contributed by atoms with Gasteiger partial charge < -0.3 is 11.1 Å². The number of carbonyl (C=O) groups excluding carboxylic acids is 2. The number of benzene rings is 2. The highest BCUT2D eigenvalue weighted by atomic mass is 16.2. The number of hydrogen-bond donors (Lipinski definition) is 2. The molecule has 1 atom stereocenters. The SMILES string of the molecule is Cc1ccc(Cn2nccc2NC(=O)C2=NN(c3ccccc3)C(C(N)=O)C2)cc1. The molecule has 1 aliphatic rings. The number of nitrogens with two attached hydrogens (primary N) is 1. The van der Waals surface area contributed by atoms with Crippen LogP contribution in [-0.2, 0) is 16.1 Å². The maximum atomic E-state index is 12.8. The number of rotatable bonds is 6. The molecule has 2 heterocycles. The van der Waals surface area contributed by atoms with Gasteiger partial charge in [0.05, 0.1) is 18.4 Å². The number of aryl methyl sites for hydroxylation is 1. The van der Waals surface area contributed by atoms with Crippen LogP contribution in [0.1, 0.15) is 17.5 Å². The van der Waals surface area contributed by atoms with Crippen molar-refractivity contribution in [1.29, 1.82) is 0 Å². The molecule has 4 rings (SSSR count). The molecule has 0 spiro atoms. The summed E-state index contributed by atoms with van der Waals surface area (Å²) in [7, 11) is 0. The van der Waals surface area contributed by atoms with Gasteiger partial charge in [0.1, 0.15) is 17.6 Å². The summed E-state index contributed by atoms with van der Waals surface area (Å²) in [6.45, 7) is 2.55. The highest BCUT2D eigenvalue weighted by molar-refractivity contribution is 6.44. The molecule has 3 N–H and O–H groups in total. The number of amides is 2. The van der Waals surface area contributed by atoms with Gasteiger partial charge in [0, 0.05) is 12.5 Å². The third-order valence-electron chi connectivity index (χ3n) is 4.93. The Bertz CT molecular complexity index is 1090. The van der Waals surface area contributed by atoms with Crippen LogP contribution in [0.4, 0.5) is 11.5 Å². The number of nitrogens with one attached hydrogen (secondary N) is 1. The smallest absolute Gasteiger partial charge is 0.273 e. The van der Waals surface area contributed by atoms with Gasteiger partial charge in [0.25, 0.3) is 5.91 Å². The summed E-state index contributed by atoms with van der Waals surface area (Å²) in [5.41, 5.74) is 8.74. The molecular formula is C22H22N6O2. The fourth-order valence-electron chi connectivity index (χ4n) is 3.31. The van der Waals surface area contributed by atoms with E-state index >= 15 is 0 Å². The molecule has 3 aromatic rings. The fourth-order valence-corrected chi connectivity index (χ4v) is 3.31. The van der Waals surface area contributed by atoms with Gasteiger partial charge in [-0.3, -0.25) is 14.6 Å². The highest BCUT2D eigenvalue weighted by Gasteiger charge is 2.35. The molecule has 0 aliphatic carbocycles. The number of nitrogens with zero attached hydrogens (tertiary/aromatic N) is 4. The van der Waals surface area contributed by atoms with Crippen LogP contribution in [0.5, 0.6) is 0 Å². The van der Waals surface area contributed by atoms with Gasteiger partial charge in [-0.2, -0.15) is 10.2 Å². The summed E-state index contributed by atoms with van der Waals surface area (Å²) in [5.74, 6) is -0.364. The Morgan fingerprint density at radius 2 is 1.83 bits per heavy atom. The summed E-state index contributed by atoms with van der Waals surface area (Å²) >= 11 is 0. The molecule has 1 aliphatic heterocycles. The lowest BCUT2D eigenvalue weighted by Crippen LogP contribution is -2.39. The highest BCUT2D eigenvalue weighted by Crippen LogP contribution is 2.24. The molecular weight excluding hydrogens is 380 g/mol. The second-order valence-corrected chi connectivity index (χ2v) is 7.16. The average Bonchev–Trinajstić information content (AvgIpc) is 3.38. The molecule has 1 unspecified atom stereocenters. The minimum atomic E-state index is -0.703. The topological polar surface area (TPSA) is 106 Å². The van der Waals surface area contributed by atoms with Crippen molar-refractivity contribution in [2.75, 3.05) is 10.3 Å². The first-order chi connectivity index (χ1) is 14.5. The first-order valence-corrected chi connectivity index (χ1v) is 9.61. The molecule has 0 fully saturated rings. The van der Waals surface area contributed by atoms with Crippen molar-refractivity contribution in [2.45, 2.75) is 25.9 Å². The fraction of sp³-hybridized carbons (Fsp3) is 0.182. The number of primary amides is 1. The van der Waals surface area contributed by atoms with Crippen molar-refractivity contribution in [3.05, 3.63) is 78.0 Å². The lowest BCUT2D eigenvalue weighted by molar-refractivity contribution is -0.119. The van der Waals surface area contributed by atoms with Crippen molar-refractivity contribution in [3.8, 4) is 0 Å². The zero-order valence-corrected chi connectivity index (χ0v) is 16.5. The molecule has 8 nitrogen and oxygen atoms in total. The van der Waals surface area contributed by atoms with E-state index in [1.165, 1.54) is 10.6 Å². The van der Waals surface area contributed by atoms with Crippen molar-refractivity contribution in [1.82, 2.24) is 9.78 Å². The van der Waals surface area contributed by atoms with Gasteiger partial charge in [0.2, 0.25) is 5.91 Å². The maximum absolute atomic E-state index is 12.8. The molecule has 0 saturated heterocycles. The first-order valence-electron chi connectivity index (χ1n) is 9.61. The Balaban J connectivity index is 1.51. The lowest BCUT2D eigenvalue weighted by atomic mass is 10.1. The third kappa shape index (κ3) is 4.07. The minimum Gasteiger partial charge on any atom is -0.368 e. The maximum Gasteiger partial charge on any atom is 0.273 e.